The molecule has 0 N–H and O–H groups in total. The van der Waals surface area contributed by atoms with Crippen molar-refractivity contribution >= 4 is 5.91 Å². The molecule has 4 nitrogen and oxygen atoms in total. The first-order chi connectivity index (χ1) is 12.1. The van der Waals surface area contributed by atoms with E-state index in [-0.39, 0.29) is 17.8 Å². The fraction of sp³-hybridized carbons (Fsp3) is 0.500. The molecular weight excluding hydrogens is 317 g/mol. The van der Waals surface area contributed by atoms with Gasteiger partial charge in [-0.15, -0.1) is 0 Å². The molecular formula is C20H24FN3O. The highest BCUT2D eigenvalue weighted by molar-refractivity contribution is 5.94. The van der Waals surface area contributed by atoms with E-state index >= 15 is 0 Å². The molecule has 4 rings (SSSR count). The lowest BCUT2D eigenvalue weighted by atomic mass is 10.1. The summed E-state index contributed by atoms with van der Waals surface area (Å²) in [5, 5.41) is 4.70. The van der Waals surface area contributed by atoms with Crippen LogP contribution in [0.4, 0.5) is 4.39 Å². The number of aryl methyl sites for hydroxylation is 1. The monoisotopic (exact) mass is 341 g/mol. The molecule has 0 bridgehead atoms. The summed E-state index contributed by atoms with van der Waals surface area (Å²) in [7, 11) is 2.00. The first kappa shape index (κ1) is 16.3. The van der Waals surface area contributed by atoms with E-state index in [1.807, 2.05) is 16.6 Å². The van der Waals surface area contributed by atoms with Crippen molar-refractivity contribution in [1.29, 1.82) is 0 Å². The molecule has 25 heavy (non-hydrogen) atoms. The van der Waals surface area contributed by atoms with E-state index in [2.05, 4.69) is 0 Å². The van der Waals surface area contributed by atoms with Crippen molar-refractivity contribution in [3.05, 3.63) is 52.6 Å². The van der Waals surface area contributed by atoms with Gasteiger partial charge < -0.3 is 4.90 Å². The molecule has 0 spiro atoms. The normalized spacial score (nSPS) is 17.0. The maximum absolute atomic E-state index is 13.2. The third-order valence-electron chi connectivity index (χ3n) is 5.64. The van der Waals surface area contributed by atoms with Gasteiger partial charge in [0.05, 0.1) is 12.2 Å². The summed E-state index contributed by atoms with van der Waals surface area (Å²) in [4.78, 5) is 15.1. The molecule has 0 saturated heterocycles. The van der Waals surface area contributed by atoms with Crippen LogP contribution in [0.3, 0.4) is 0 Å². The van der Waals surface area contributed by atoms with Gasteiger partial charge in [-0.3, -0.25) is 9.48 Å². The smallest absolute Gasteiger partial charge is 0.254 e. The van der Waals surface area contributed by atoms with Crippen LogP contribution < -0.4 is 0 Å². The van der Waals surface area contributed by atoms with Crippen LogP contribution >= 0.6 is 0 Å². The molecule has 1 aromatic heterocycles. The zero-order chi connectivity index (χ0) is 17.4. The van der Waals surface area contributed by atoms with Gasteiger partial charge in [-0.25, -0.2) is 4.39 Å². The Kier molecular flexibility index (Phi) is 4.32. The Morgan fingerprint density at radius 1 is 1.20 bits per heavy atom. The predicted octanol–water partition coefficient (Wildman–Crippen LogP) is 3.63. The molecule has 0 unspecified atom stereocenters. The topological polar surface area (TPSA) is 38.1 Å². The Balaban J connectivity index is 1.63. The molecule has 1 aromatic carbocycles. The quantitative estimate of drug-likeness (QED) is 0.852. The summed E-state index contributed by atoms with van der Waals surface area (Å²) in [5.41, 5.74) is 4.24. The molecule has 0 atom stereocenters. The number of halogens is 1. The van der Waals surface area contributed by atoms with Gasteiger partial charge in [0.15, 0.2) is 0 Å². The van der Waals surface area contributed by atoms with Gasteiger partial charge in [0.2, 0.25) is 0 Å². The van der Waals surface area contributed by atoms with Crippen LogP contribution in [0.1, 0.15) is 59.4 Å². The molecule has 0 aliphatic heterocycles. The van der Waals surface area contributed by atoms with E-state index in [4.69, 9.17) is 5.10 Å². The lowest BCUT2D eigenvalue weighted by Gasteiger charge is -2.29. The summed E-state index contributed by atoms with van der Waals surface area (Å²) in [5.74, 6) is -0.323. The summed E-state index contributed by atoms with van der Waals surface area (Å²) in [6.07, 6.45) is 7.72. The fourth-order valence-electron chi connectivity index (χ4n) is 4.33. The number of nitrogens with zero attached hydrogens (tertiary/aromatic N) is 3. The van der Waals surface area contributed by atoms with Gasteiger partial charge in [-0.1, -0.05) is 12.8 Å². The second-order valence-corrected chi connectivity index (χ2v) is 7.23. The van der Waals surface area contributed by atoms with Crippen LogP contribution in [0.2, 0.25) is 0 Å². The van der Waals surface area contributed by atoms with Crippen molar-refractivity contribution in [3.8, 4) is 0 Å². The van der Waals surface area contributed by atoms with Crippen molar-refractivity contribution in [2.24, 2.45) is 7.05 Å². The van der Waals surface area contributed by atoms with E-state index in [1.54, 1.807) is 12.1 Å². The largest absolute Gasteiger partial charge is 0.330 e. The highest BCUT2D eigenvalue weighted by Gasteiger charge is 2.30. The molecule has 2 aliphatic carbocycles. The van der Waals surface area contributed by atoms with Crippen molar-refractivity contribution in [3.63, 3.8) is 0 Å². The first-order valence-electron chi connectivity index (χ1n) is 9.23. The highest BCUT2D eigenvalue weighted by Crippen LogP contribution is 2.30. The predicted molar refractivity (Wildman–Crippen MR) is 93.8 cm³/mol. The average molecular weight is 341 g/mol. The van der Waals surface area contributed by atoms with Gasteiger partial charge in [0.1, 0.15) is 5.82 Å². The van der Waals surface area contributed by atoms with Gasteiger partial charge in [0, 0.05) is 24.3 Å². The number of aromatic nitrogens is 2. The third kappa shape index (κ3) is 3.08. The summed E-state index contributed by atoms with van der Waals surface area (Å²) in [6.45, 7) is 0.560. The molecule has 2 aliphatic rings. The molecule has 132 valence electrons. The number of carbonyl (C=O) groups excluding carboxylic acids is 1. The number of amides is 1. The van der Waals surface area contributed by atoms with E-state index in [0.29, 0.717) is 12.1 Å². The zero-order valence-corrected chi connectivity index (χ0v) is 14.7. The van der Waals surface area contributed by atoms with Crippen molar-refractivity contribution in [1.82, 2.24) is 14.7 Å². The fourth-order valence-corrected chi connectivity index (χ4v) is 4.33. The third-order valence-corrected chi connectivity index (χ3v) is 5.64. The molecule has 2 aromatic rings. The summed E-state index contributed by atoms with van der Waals surface area (Å²) in [6, 6.07) is 6.15. The van der Waals surface area contributed by atoms with E-state index < -0.39 is 0 Å². The number of fused-ring (bicyclic) bond motifs is 1. The van der Waals surface area contributed by atoms with Crippen LogP contribution in [0, 0.1) is 5.82 Å². The zero-order valence-electron chi connectivity index (χ0n) is 14.7. The minimum absolute atomic E-state index is 0.00991. The summed E-state index contributed by atoms with van der Waals surface area (Å²) < 4.78 is 15.2. The molecule has 1 amide bonds. The Bertz CT molecular complexity index is 775. The van der Waals surface area contributed by atoms with Crippen LogP contribution in [-0.4, -0.2) is 26.6 Å². The average Bonchev–Trinajstić information content (AvgIpc) is 3.33. The van der Waals surface area contributed by atoms with Crippen LogP contribution in [0.15, 0.2) is 24.3 Å². The Labute approximate surface area is 147 Å². The van der Waals surface area contributed by atoms with E-state index in [0.717, 1.165) is 44.2 Å². The Morgan fingerprint density at radius 3 is 2.64 bits per heavy atom. The van der Waals surface area contributed by atoms with Gasteiger partial charge in [0.25, 0.3) is 5.91 Å². The van der Waals surface area contributed by atoms with Crippen molar-refractivity contribution in [2.75, 3.05) is 0 Å². The first-order valence-corrected chi connectivity index (χ1v) is 9.23. The second-order valence-electron chi connectivity index (χ2n) is 7.23. The minimum atomic E-state index is -0.313. The number of hydrogen-bond acceptors (Lipinski definition) is 2. The highest BCUT2D eigenvalue weighted by atomic mass is 19.1. The van der Waals surface area contributed by atoms with Gasteiger partial charge >= 0.3 is 0 Å². The Hall–Kier alpha value is -2.17. The van der Waals surface area contributed by atoms with E-state index in [9.17, 15) is 9.18 Å². The van der Waals surface area contributed by atoms with Gasteiger partial charge in [-0.05, 0) is 61.9 Å². The van der Waals surface area contributed by atoms with E-state index in [1.165, 1.54) is 29.8 Å². The van der Waals surface area contributed by atoms with Crippen molar-refractivity contribution in [2.45, 2.75) is 57.5 Å². The van der Waals surface area contributed by atoms with Crippen molar-refractivity contribution < 1.29 is 9.18 Å². The number of hydrogen-bond donors (Lipinski definition) is 0. The van der Waals surface area contributed by atoms with Gasteiger partial charge in [-0.2, -0.15) is 5.10 Å². The van der Waals surface area contributed by atoms with Crippen LogP contribution in [-0.2, 0) is 26.4 Å². The maximum Gasteiger partial charge on any atom is 0.254 e. The number of benzene rings is 1. The molecule has 5 heteroatoms. The second kappa shape index (κ2) is 6.62. The number of carbonyl (C=O) groups is 1. The molecule has 1 heterocycles. The van der Waals surface area contributed by atoms with Crippen LogP contribution in [0.5, 0.6) is 0 Å². The molecule has 1 saturated carbocycles. The number of rotatable bonds is 4. The molecule has 0 radical (unpaired) electrons. The Morgan fingerprint density at radius 2 is 1.92 bits per heavy atom. The standard InChI is InChI=1S/C20H24FN3O/c1-23-19-8-4-7-17(19)18(22-23)13-24(16-5-2-3-6-16)20(25)14-9-11-15(21)12-10-14/h9-12,16H,2-8,13H2,1H3. The maximum atomic E-state index is 13.2. The minimum Gasteiger partial charge on any atom is -0.330 e. The lowest BCUT2D eigenvalue weighted by Crippen LogP contribution is -2.38. The van der Waals surface area contributed by atoms with Crippen LogP contribution in [0.25, 0.3) is 0 Å². The molecule has 1 fully saturated rings. The SMILES string of the molecule is Cn1nc(CN(C(=O)c2ccc(F)cc2)C2CCCC2)c2c1CCC2. The summed E-state index contributed by atoms with van der Waals surface area (Å²) >= 11 is 0. The lowest BCUT2D eigenvalue weighted by molar-refractivity contribution is 0.0661.